The number of hydrogen-bond donors (Lipinski definition) is 1. The number of para-hydroxylation sites is 1. The van der Waals surface area contributed by atoms with Crippen LogP contribution >= 0.6 is 0 Å². The van der Waals surface area contributed by atoms with Crippen LogP contribution < -0.4 is 5.32 Å². The number of oxazole rings is 1. The number of aromatic nitrogens is 1. The second-order valence-electron chi connectivity index (χ2n) is 8.27. The molecule has 2 heterocycles. The monoisotopic (exact) mass is 479 g/mol. The molecule has 3 aromatic carbocycles. The van der Waals surface area contributed by atoms with Crippen molar-refractivity contribution in [2.24, 2.45) is 0 Å². The zero-order valence-corrected chi connectivity index (χ0v) is 19.5. The van der Waals surface area contributed by atoms with Crippen LogP contribution in [0.1, 0.15) is 16.9 Å². The van der Waals surface area contributed by atoms with Crippen molar-refractivity contribution in [3.63, 3.8) is 0 Å². The maximum Gasteiger partial charge on any atom is 0.280 e. The number of nitro groups is 1. The number of carbonyl (C=O) groups excluding carboxylic acids is 1. The minimum absolute atomic E-state index is 0.0513. The fourth-order valence-electron chi connectivity index (χ4n) is 3.92. The van der Waals surface area contributed by atoms with E-state index in [1.165, 1.54) is 18.2 Å². The van der Waals surface area contributed by atoms with E-state index in [-0.39, 0.29) is 11.6 Å². The van der Waals surface area contributed by atoms with Gasteiger partial charge in [-0.3, -0.25) is 14.9 Å². The normalized spacial score (nSPS) is 11.3. The average Bonchev–Trinajstić information content (AvgIpc) is 3.51. The van der Waals surface area contributed by atoms with Crippen LogP contribution in [0.4, 0.5) is 11.4 Å². The Balaban J connectivity index is 1.33. The first-order valence-electron chi connectivity index (χ1n) is 11.2. The highest BCUT2D eigenvalue weighted by molar-refractivity contribution is 6.02. The lowest BCUT2D eigenvalue weighted by Crippen LogP contribution is -2.09. The summed E-state index contributed by atoms with van der Waals surface area (Å²) in [7, 11) is 0. The molecule has 8 heteroatoms. The summed E-state index contributed by atoms with van der Waals surface area (Å²) in [5, 5.41) is 14.1. The Morgan fingerprint density at radius 1 is 0.972 bits per heavy atom. The van der Waals surface area contributed by atoms with Crippen molar-refractivity contribution in [2.45, 2.75) is 13.8 Å². The molecule has 0 atom stereocenters. The molecular weight excluding hydrogens is 458 g/mol. The highest BCUT2D eigenvalue weighted by Gasteiger charge is 2.17. The Kier molecular flexibility index (Phi) is 5.92. The number of fused-ring (bicyclic) bond motifs is 1. The SMILES string of the molecule is Cc1ccc2oc(-c3cccc(NC(=O)/C=C/c4ccc(-c5ccccc5[N+](=O)[O-])o4)c3C)nc2c1. The third-order valence-corrected chi connectivity index (χ3v) is 5.76. The van der Waals surface area contributed by atoms with Gasteiger partial charge in [0.15, 0.2) is 5.58 Å². The number of nitrogens with zero attached hydrogens (tertiary/aromatic N) is 2. The molecule has 1 amide bonds. The van der Waals surface area contributed by atoms with E-state index in [9.17, 15) is 14.9 Å². The van der Waals surface area contributed by atoms with Crippen molar-refractivity contribution < 1.29 is 18.6 Å². The third-order valence-electron chi connectivity index (χ3n) is 5.76. The van der Waals surface area contributed by atoms with Gasteiger partial charge in [-0.15, -0.1) is 0 Å². The topological polar surface area (TPSA) is 111 Å². The summed E-state index contributed by atoms with van der Waals surface area (Å²) >= 11 is 0. The molecule has 5 aromatic rings. The van der Waals surface area contributed by atoms with E-state index < -0.39 is 4.92 Å². The quantitative estimate of drug-likeness (QED) is 0.161. The van der Waals surface area contributed by atoms with Gasteiger partial charge in [-0.25, -0.2) is 4.98 Å². The minimum Gasteiger partial charge on any atom is -0.456 e. The number of benzene rings is 3. The van der Waals surface area contributed by atoms with Crippen LogP contribution in [-0.2, 0) is 4.79 Å². The van der Waals surface area contributed by atoms with Gasteiger partial charge >= 0.3 is 0 Å². The van der Waals surface area contributed by atoms with Gasteiger partial charge in [0.1, 0.15) is 17.0 Å². The van der Waals surface area contributed by atoms with Crippen molar-refractivity contribution in [1.82, 2.24) is 4.98 Å². The molecule has 1 N–H and O–H groups in total. The molecular formula is C28H21N3O5. The maximum atomic E-state index is 12.6. The number of amides is 1. The van der Waals surface area contributed by atoms with Crippen molar-refractivity contribution >= 4 is 34.5 Å². The number of furan rings is 1. The highest BCUT2D eigenvalue weighted by Crippen LogP contribution is 2.32. The van der Waals surface area contributed by atoms with E-state index in [0.717, 1.165) is 22.2 Å². The Morgan fingerprint density at radius 2 is 1.78 bits per heavy atom. The Hall–Kier alpha value is -4.98. The molecule has 2 aromatic heterocycles. The van der Waals surface area contributed by atoms with Crippen molar-refractivity contribution in [2.75, 3.05) is 5.32 Å². The molecule has 8 nitrogen and oxygen atoms in total. The fraction of sp³-hybridized carbons (Fsp3) is 0.0714. The summed E-state index contributed by atoms with van der Waals surface area (Å²) in [6.07, 6.45) is 2.85. The molecule has 0 saturated carbocycles. The van der Waals surface area contributed by atoms with Gasteiger partial charge in [-0.2, -0.15) is 0 Å². The molecule has 5 rings (SSSR count). The Morgan fingerprint density at radius 3 is 2.61 bits per heavy atom. The van der Waals surface area contributed by atoms with Gasteiger partial charge in [-0.05, 0) is 73.5 Å². The number of nitro benzene ring substituents is 1. The molecule has 0 aliphatic carbocycles. The van der Waals surface area contributed by atoms with E-state index in [4.69, 9.17) is 8.83 Å². The lowest BCUT2D eigenvalue weighted by Gasteiger charge is -2.09. The smallest absolute Gasteiger partial charge is 0.280 e. The second kappa shape index (κ2) is 9.34. The molecule has 36 heavy (non-hydrogen) atoms. The average molecular weight is 479 g/mol. The summed E-state index contributed by atoms with van der Waals surface area (Å²) in [6.45, 7) is 3.89. The van der Waals surface area contributed by atoms with Crippen molar-refractivity contribution in [3.05, 3.63) is 106 Å². The Labute approximate surface area is 206 Å². The summed E-state index contributed by atoms with van der Waals surface area (Å²) in [4.78, 5) is 28.0. The van der Waals surface area contributed by atoms with Crippen LogP contribution in [0.15, 0.2) is 87.7 Å². The zero-order valence-electron chi connectivity index (χ0n) is 19.5. The standard InChI is InChI=1S/C28H21N3O5/c1-17-10-13-26-23(16-17)30-28(36-26)20-7-5-8-22(18(20)2)29-27(32)15-12-19-11-14-25(35-19)21-6-3-4-9-24(21)31(33)34/h3-16H,1-2H3,(H,29,32)/b15-12+. The summed E-state index contributed by atoms with van der Waals surface area (Å²) in [5.74, 6) is 0.870. The van der Waals surface area contributed by atoms with Crippen molar-refractivity contribution in [1.29, 1.82) is 0 Å². The van der Waals surface area contributed by atoms with E-state index in [1.807, 2.05) is 44.2 Å². The van der Waals surface area contributed by atoms with Crippen LogP contribution in [0.3, 0.4) is 0 Å². The summed E-state index contributed by atoms with van der Waals surface area (Å²) in [5.41, 5.74) is 5.12. The van der Waals surface area contributed by atoms with E-state index in [1.54, 1.807) is 36.4 Å². The van der Waals surface area contributed by atoms with E-state index in [2.05, 4.69) is 10.3 Å². The maximum absolute atomic E-state index is 12.6. The molecule has 0 bridgehead atoms. The number of rotatable bonds is 6. The first-order chi connectivity index (χ1) is 17.4. The Bertz CT molecular complexity index is 1640. The van der Waals surface area contributed by atoms with E-state index in [0.29, 0.717) is 34.2 Å². The molecule has 0 aliphatic heterocycles. The number of hydrogen-bond acceptors (Lipinski definition) is 6. The van der Waals surface area contributed by atoms with Crippen LogP contribution in [0.5, 0.6) is 0 Å². The van der Waals surface area contributed by atoms with Crippen LogP contribution in [0.25, 0.3) is 40.0 Å². The molecule has 0 spiro atoms. The van der Waals surface area contributed by atoms with Gasteiger partial charge < -0.3 is 14.2 Å². The molecule has 178 valence electrons. The number of aryl methyl sites for hydroxylation is 1. The number of carbonyl (C=O) groups is 1. The van der Waals surface area contributed by atoms with Crippen molar-refractivity contribution in [3.8, 4) is 22.8 Å². The van der Waals surface area contributed by atoms with Crippen LogP contribution in [0, 0.1) is 24.0 Å². The molecule has 0 saturated heterocycles. The summed E-state index contributed by atoms with van der Waals surface area (Å²) < 4.78 is 11.6. The zero-order chi connectivity index (χ0) is 25.2. The van der Waals surface area contributed by atoms with Gasteiger partial charge in [0.2, 0.25) is 11.8 Å². The highest BCUT2D eigenvalue weighted by atomic mass is 16.6. The van der Waals surface area contributed by atoms with Gasteiger partial charge in [0.25, 0.3) is 5.69 Å². The van der Waals surface area contributed by atoms with Gasteiger partial charge in [-0.1, -0.05) is 24.3 Å². The second-order valence-corrected chi connectivity index (χ2v) is 8.27. The predicted octanol–water partition coefficient (Wildman–Crippen LogP) is 6.93. The predicted molar refractivity (Wildman–Crippen MR) is 137 cm³/mol. The number of anilines is 1. The molecule has 0 fully saturated rings. The lowest BCUT2D eigenvalue weighted by atomic mass is 10.1. The third kappa shape index (κ3) is 4.52. The minimum atomic E-state index is -0.459. The number of nitrogens with one attached hydrogen (secondary N) is 1. The van der Waals surface area contributed by atoms with E-state index >= 15 is 0 Å². The van der Waals surface area contributed by atoms with Crippen LogP contribution in [0.2, 0.25) is 0 Å². The molecule has 0 radical (unpaired) electrons. The lowest BCUT2D eigenvalue weighted by molar-refractivity contribution is -0.384. The molecule has 0 aliphatic rings. The first kappa shape index (κ1) is 22.8. The fourth-order valence-corrected chi connectivity index (χ4v) is 3.92. The first-order valence-corrected chi connectivity index (χ1v) is 11.2. The largest absolute Gasteiger partial charge is 0.456 e. The summed E-state index contributed by atoms with van der Waals surface area (Å²) in [6, 6.07) is 21.0. The van der Waals surface area contributed by atoms with Gasteiger partial charge in [0.05, 0.1) is 10.5 Å². The molecule has 0 unspecified atom stereocenters. The van der Waals surface area contributed by atoms with Gasteiger partial charge in [0, 0.05) is 23.4 Å². The van der Waals surface area contributed by atoms with Crippen LogP contribution in [-0.4, -0.2) is 15.8 Å².